The van der Waals surface area contributed by atoms with Crippen molar-refractivity contribution >= 4 is 23.5 Å². The number of hydrogen-bond acceptors (Lipinski definition) is 3. The van der Waals surface area contributed by atoms with E-state index >= 15 is 0 Å². The third-order valence-corrected chi connectivity index (χ3v) is 4.23. The number of hydrogen-bond donors (Lipinski definition) is 1. The van der Waals surface area contributed by atoms with Crippen LogP contribution in [0.2, 0.25) is 0 Å². The summed E-state index contributed by atoms with van der Waals surface area (Å²) in [7, 11) is 0. The maximum Gasteiger partial charge on any atom is 0.238 e. The van der Waals surface area contributed by atoms with Crippen molar-refractivity contribution in [3.8, 4) is 0 Å². The summed E-state index contributed by atoms with van der Waals surface area (Å²) < 4.78 is 1.81. The fraction of sp³-hybridized carbons (Fsp3) is 0.375. The maximum atomic E-state index is 12.3. The summed E-state index contributed by atoms with van der Waals surface area (Å²) in [5, 5.41) is 7.00. The van der Waals surface area contributed by atoms with E-state index in [1.165, 1.54) is 5.56 Å². The van der Waals surface area contributed by atoms with Crippen LogP contribution in [-0.4, -0.2) is 20.9 Å². The Morgan fingerprint density at radius 2 is 1.86 bits per heavy atom. The minimum absolute atomic E-state index is 0.0111. The molecule has 0 bridgehead atoms. The molecule has 4 nitrogen and oxygen atoms in total. The molecule has 1 unspecified atom stereocenters. The summed E-state index contributed by atoms with van der Waals surface area (Å²) >= 11 is 1.55. The number of benzene rings is 1. The lowest BCUT2D eigenvalue weighted by atomic mass is 10.2. The number of anilines is 1. The number of thioether (sulfide) groups is 1. The van der Waals surface area contributed by atoms with E-state index in [-0.39, 0.29) is 17.2 Å². The third kappa shape index (κ3) is 4.11. The van der Waals surface area contributed by atoms with Crippen molar-refractivity contribution in [3.63, 3.8) is 0 Å². The number of carbonyl (C=O) groups is 1. The predicted molar refractivity (Wildman–Crippen MR) is 87.7 cm³/mol. The molecule has 0 spiro atoms. The first kappa shape index (κ1) is 15.6. The van der Waals surface area contributed by atoms with Crippen LogP contribution in [0.25, 0.3) is 0 Å². The lowest BCUT2D eigenvalue weighted by Gasteiger charge is -2.15. The summed E-state index contributed by atoms with van der Waals surface area (Å²) in [6, 6.07) is 10.2. The predicted octanol–water partition coefficient (Wildman–Crippen LogP) is 3.89. The number of nitrogens with one attached hydrogen (secondary N) is 1. The molecule has 0 fully saturated rings. The van der Waals surface area contributed by atoms with Crippen LogP contribution in [0.15, 0.2) is 41.4 Å². The average Bonchev–Trinajstić information content (AvgIpc) is 2.89. The van der Waals surface area contributed by atoms with Crippen molar-refractivity contribution in [2.75, 3.05) is 5.32 Å². The summed E-state index contributed by atoms with van der Waals surface area (Å²) in [6.07, 6.45) is 1.70. The van der Waals surface area contributed by atoms with Crippen LogP contribution in [0.3, 0.4) is 0 Å². The number of aromatic nitrogens is 2. The highest BCUT2D eigenvalue weighted by molar-refractivity contribution is 8.00. The fourth-order valence-electron chi connectivity index (χ4n) is 1.93. The van der Waals surface area contributed by atoms with Gasteiger partial charge in [-0.2, -0.15) is 5.10 Å². The topological polar surface area (TPSA) is 46.9 Å². The first-order valence-corrected chi connectivity index (χ1v) is 7.93. The van der Waals surface area contributed by atoms with Crippen LogP contribution in [0, 0.1) is 6.92 Å². The average molecular weight is 303 g/mol. The Morgan fingerprint density at radius 3 is 2.48 bits per heavy atom. The molecule has 0 radical (unpaired) electrons. The molecule has 0 aliphatic heterocycles. The molecule has 0 aliphatic rings. The van der Waals surface area contributed by atoms with E-state index in [1.54, 1.807) is 22.6 Å². The molecular formula is C16H21N3OS. The maximum absolute atomic E-state index is 12.3. The van der Waals surface area contributed by atoms with Gasteiger partial charge in [-0.15, -0.1) is 11.8 Å². The smallest absolute Gasteiger partial charge is 0.238 e. The van der Waals surface area contributed by atoms with E-state index in [9.17, 15) is 4.79 Å². The molecule has 1 amide bonds. The normalized spacial score (nSPS) is 12.4. The molecule has 112 valence electrons. The molecule has 2 rings (SSSR count). The van der Waals surface area contributed by atoms with Gasteiger partial charge >= 0.3 is 0 Å². The van der Waals surface area contributed by atoms with E-state index in [0.717, 1.165) is 10.7 Å². The number of rotatable bonds is 5. The van der Waals surface area contributed by atoms with Gasteiger partial charge in [0.15, 0.2) is 0 Å². The van der Waals surface area contributed by atoms with Crippen LogP contribution in [-0.2, 0) is 4.79 Å². The van der Waals surface area contributed by atoms with Crippen molar-refractivity contribution in [2.24, 2.45) is 0 Å². The van der Waals surface area contributed by atoms with Gasteiger partial charge in [0, 0.05) is 17.0 Å². The van der Waals surface area contributed by atoms with Crippen LogP contribution in [0.5, 0.6) is 0 Å². The third-order valence-electron chi connectivity index (χ3n) is 3.11. The number of amides is 1. The number of nitrogens with zero attached hydrogens (tertiary/aromatic N) is 2. The summed E-state index contributed by atoms with van der Waals surface area (Å²) in [6.45, 7) is 8.04. The van der Waals surface area contributed by atoms with Gasteiger partial charge in [0.25, 0.3) is 0 Å². The number of carbonyl (C=O) groups excluding carboxylic acids is 1. The zero-order valence-corrected chi connectivity index (χ0v) is 13.6. The van der Waals surface area contributed by atoms with E-state index in [2.05, 4.69) is 29.5 Å². The van der Waals surface area contributed by atoms with E-state index in [4.69, 9.17) is 0 Å². The SMILES string of the molecule is Cc1ccc(SC(C)C(=O)Nc2ccnn2C(C)C)cc1. The summed E-state index contributed by atoms with van der Waals surface area (Å²) in [4.78, 5) is 13.4. The minimum Gasteiger partial charge on any atom is -0.310 e. The lowest BCUT2D eigenvalue weighted by Crippen LogP contribution is -2.24. The first-order chi connectivity index (χ1) is 9.97. The Kier molecular flexibility index (Phi) is 5.07. The van der Waals surface area contributed by atoms with Gasteiger partial charge in [0.1, 0.15) is 5.82 Å². The van der Waals surface area contributed by atoms with E-state index < -0.39 is 0 Å². The Balaban J connectivity index is 1.99. The summed E-state index contributed by atoms with van der Waals surface area (Å²) in [5.41, 5.74) is 1.22. The second-order valence-electron chi connectivity index (χ2n) is 5.32. The molecule has 1 aromatic carbocycles. The first-order valence-electron chi connectivity index (χ1n) is 7.05. The molecule has 2 aromatic rings. The Bertz CT molecular complexity index is 604. The van der Waals surface area contributed by atoms with Gasteiger partial charge in [-0.1, -0.05) is 17.7 Å². The Hall–Kier alpha value is -1.75. The van der Waals surface area contributed by atoms with Crippen molar-refractivity contribution in [1.82, 2.24) is 9.78 Å². The molecule has 21 heavy (non-hydrogen) atoms. The molecule has 0 saturated heterocycles. The zero-order valence-electron chi connectivity index (χ0n) is 12.8. The standard InChI is InChI=1S/C16H21N3OS/c1-11(2)19-15(9-10-17-19)18-16(20)13(4)21-14-7-5-12(3)6-8-14/h5-11,13H,1-4H3,(H,18,20). The zero-order chi connectivity index (χ0) is 15.4. The van der Waals surface area contributed by atoms with Crippen LogP contribution in [0.1, 0.15) is 32.4 Å². The van der Waals surface area contributed by atoms with Crippen molar-refractivity contribution in [1.29, 1.82) is 0 Å². The highest BCUT2D eigenvalue weighted by atomic mass is 32.2. The molecular weight excluding hydrogens is 282 g/mol. The van der Waals surface area contributed by atoms with Gasteiger partial charge in [-0.05, 0) is 39.8 Å². The minimum atomic E-state index is -0.164. The van der Waals surface area contributed by atoms with Crippen molar-refractivity contribution < 1.29 is 4.79 Å². The second-order valence-corrected chi connectivity index (χ2v) is 6.73. The monoisotopic (exact) mass is 303 g/mol. The molecule has 1 aromatic heterocycles. The fourth-order valence-corrected chi connectivity index (χ4v) is 2.79. The second kappa shape index (κ2) is 6.80. The van der Waals surface area contributed by atoms with Crippen LogP contribution < -0.4 is 5.32 Å². The van der Waals surface area contributed by atoms with E-state index in [1.807, 2.05) is 39.0 Å². The molecule has 1 heterocycles. The Morgan fingerprint density at radius 1 is 1.19 bits per heavy atom. The van der Waals surface area contributed by atoms with Crippen molar-refractivity contribution in [2.45, 2.75) is 43.9 Å². The van der Waals surface area contributed by atoms with Gasteiger partial charge in [0.2, 0.25) is 5.91 Å². The van der Waals surface area contributed by atoms with Gasteiger partial charge in [-0.3, -0.25) is 4.79 Å². The highest BCUT2D eigenvalue weighted by Crippen LogP contribution is 2.24. The molecule has 0 saturated carbocycles. The van der Waals surface area contributed by atoms with Gasteiger partial charge < -0.3 is 5.32 Å². The molecule has 1 N–H and O–H groups in total. The largest absolute Gasteiger partial charge is 0.310 e. The molecule has 0 aliphatic carbocycles. The number of aryl methyl sites for hydroxylation is 1. The van der Waals surface area contributed by atoms with Crippen molar-refractivity contribution in [3.05, 3.63) is 42.1 Å². The lowest BCUT2D eigenvalue weighted by molar-refractivity contribution is -0.115. The van der Waals surface area contributed by atoms with Gasteiger partial charge in [0.05, 0.1) is 11.4 Å². The quantitative estimate of drug-likeness (QED) is 0.852. The molecule has 5 heteroatoms. The highest BCUT2D eigenvalue weighted by Gasteiger charge is 2.16. The molecule has 1 atom stereocenters. The Labute approximate surface area is 129 Å². The summed E-state index contributed by atoms with van der Waals surface area (Å²) in [5.74, 6) is 0.731. The van der Waals surface area contributed by atoms with Crippen LogP contribution >= 0.6 is 11.8 Å². The van der Waals surface area contributed by atoms with E-state index in [0.29, 0.717) is 0 Å². The van der Waals surface area contributed by atoms with Gasteiger partial charge in [-0.25, -0.2) is 4.68 Å². The van der Waals surface area contributed by atoms with Crippen LogP contribution in [0.4, 0.5) is 5.82 Å².